The van der Waals surface area contributed by atoms with Crippen molar-refractivity contribution in [2.75, 3.05) is 45.7 Å². The first-order chi connectivity index (χ1) is 17.9. The molecule has 4 aromatic rings. The molecule has 0 saturated carbocycles. The zero-order valence-electron chi connectivity index (χ0n) is 20.5. The predicted octanol–water partition coefficient (Wildman–Crippen LogP) is 5.17. The number of nitrogens with zero attached hydrogens (tertiary/aromatic N) is 3. The van der Waals surface area contributed by atoms with E-state index in [4.69, 9.17) is 26.2 Å². The fourth-order valence-electron chi connectivity index (χ4n) is 4.19. The van der Waals surface area contributed by atoms with Crippen LogP contribution in [-0.2, 0) is 25.9 Å². The molecular weight excluding hydrogens is 530 g/mol. The van der Waals surface area contributed by atoms with Gasteiger partial charge in [0.05, 0.1) is 58.3 Å². The van der Waals surface area contributed by atoms with Crippen LogP contribution in [-0.4, -0.2) is 68.8 Å². The third-order valence-corrected chi connectivity index (χ3v) is 8.74. The second kappa shape index (κ2) is 11.5. The monoisotopic (exact) mass is 557 g/mol. The minimum Gasteiger partial charge on any atom is -0.379 e. The number of sulfone groups is 1. The molecule has 0 radical (unpaired) electrons. The molecule has 0 spiro atoms. The maximum atomic E-state index is 12.0. The van der Waals surface area contributed by atoms with Crippen LogP contribution < -0.4 is 0 Å². The van der Waals surface area contributed by atoms with Crippen LogP contribution in [0.3, 0.4) is 0 Å². The Morgan fingerprint density at radius 3 is 2.59 bits per heavy atom. The average molecular weight is 558 g/mol. The van der Waals surface area contributed by atoms with Crippen molar-refractivity contribution in [3.05, 3.63) is 77.4 Å². The zero-order chi connectivity index (χ0) is 25.8. The van der Waals surface area contributed by atoms with Crippen LogP contribution in [0.1, 0.15) is 5.69 Å². The number of hydrogen-bond donors (Lipinski definition) is 0. The molecule has 0 aliphatic carbocycles. The summed E-state index contributed by atoms with van der Waals surface area (Å²) in [5.74, 6) is 0. The van der Waals surface area contributed by atoms with Crippen molar-refractivity contribution in [1.82, 2.24) is 14.7 Å². The van der Waals surface area contributed by atoms with Crippen molar-refractivity contribution in [1.29, 1.82) is 0 Å². The first-order valence-electron chi connectivity index (χ1n) is 12.0. The largest absolute Gasteiger partial charge is 0.379 e. The summed E-state index contributed by atoms with van der Waals surface area (Å²) in [5, 5.41) is 5.43. The van der Waals surface area contributed by atoms with Gasteiger partial charge in [0.2, 0.25) is 0 Å². The second-order valence-electron chi connectivity index (χ2n) is 8.85. The molecule has 194 valence electrons. The van der Waals surface area contributed by atoms with Crippen LogP contribution in [0.2, 0.25) is 5.02 Å². The Morgan fingerprint density at radius 1 is 1.03 bits per heavy atom. The number of ether oxygens (including phenoxy) is 2. The number of aromatic nitrogens is 2. The fourth-order valence-corrected chi connectivity index (χ4v) is 6.08. The minimum absolute atomic E-state index is 0.303. The number of thiophene rings is 1. The highest BCUT2D eigenvalue weighted by atomic mass is 35.5. The van der Waals surface area contributed by atoms with Crippen LogP contribution in [0.25, 0.3) is 26.7 Å². The molecule has 1 aliphatic rings. The topological polar surface area (TPSA) is 73.7 Å². The summed E-state index contributed by atoms with van der Waals surface area (Å²) < 4.78 is 37.3. The van der Waals surface area contributed by atoms with Crippen LogP contribution in [0.5, 0.6) is 0 Å². The number of morpholine rings is 1. The van der Waals surface area contributed by atoms with Gasteiger partial charge < -0.3 is 9.47 Å². The normalized spacial score (nSPS) is 14.8. The lowest BCUT2D eigenvalue weighted by molar-refractivity contribution is 0.0176. The number of para-hydroxylation sites is 1. The van der Waals surface area contributed by atoms with Gasteiger partial charge in [0, 0.05) is 30.8 Å². The van der Waals surface area contributed by atoms with Crippen molar-refractivity contribution in [3.8, 4) is 26.7 Å². The van der Waals surface area contributed by atoms with Gasteiger partial charge in [-0.15, -0.1) is 11.3 Å². The van der Waals surface area contributed by atoms with Gasteiger partial charge in [-0.1, -0.05) is 35.9 Å². The first-order valence-corrected chi connectivity index (χ1v) is 15.1. The summed E-state index contributed by atoms with van der Waals surface area (Å²) in [6.45, 7) is 5.28. The summed E-state index contributed by atoms with van der Waals surface area (Å²) in [7, 11) is -3.29. The Hall–Kier alpha value is -2.53. The van der Waals surface area contributed by atoms with Crippen LogP contribution >= 0.6 is 22.9 Å². The Bertz CT molecular complexity index is 1480. The lowest BCUT2D eigenvalue weighted by Crippen LogP contribution is -2.38. The molecular formula is C27H28ClN3O4S2. The van der Waals surface area contributed by atoms with E-state index in [1.54, 1.807) is 29.5 Å². The molecule has 0 atom stereocenters. The van der Waals surface area contributed by atoms with Gasteiger partial charge >= 0.3 is 0 Å². The first kappa shape index (κ1) is 26.1. The van der Waals surface area contributed by atoms with Gasteiger partial charge in [0.15, 0.2) is 9.84 Å². The van der Waals surface area contributed by atoms with E-state index >= 15 is 0 Å². The highest BCUT2D eigenvalue weighted by Crippen LogP contribution is 2.37. The molecule has 0 unspecified atom stereocenters. The summed E-state index contributed by atoms with van der Waals surface area (Å²) in [6, 6.07) is 20.7. The summed E-state index contributed by atoms with van der Waals surface area (Å²) in [6.07, 6.45) is 1.22. The Morgan fingerprint density at radius 2 is 1.81 bits per heavy atom. The molecule has 1 saturated heterocycles. The molecule has 2 aromatic carbocycles. The molecule has 2 aromatic heterocycles. The highest BCUT2D eigenvalue weighted by Gasteiger charge is 2.17. The molecule has 1 aliphatic heterocycles. The maximum absolute atomic E-state index is 12.0. The van der Waals surface area contributed by atoms with Gasteiger partial charge in [0.25, 0.3) is 0 Å². The molecule has 0 amide bonds. The molecule has 0 N–H and O–H groups in total. The van der Waals surface area contributed by atoms with E-state index in [-0.39, 0.29) is 0 Å². The smallest absolute Gasteiger partial charge is 0.175 e. The Kier molecular flexibility index (Phi) is 8.09. The molecule has 37 heavy (non-hydrogen) atoms. The Labute approximate surface area is 226 Å². The van der Waals surface area contributed by atoms with Gasteiger partial charge in [-0.3, -0.25) is 4.90 Å². The van der Waals surface area contributed by atoms with E-state index in [1.807, 2.05) is 53.2 Å². The predicted molar refractivity (Wildman–Crippen MR) is 147 cm³/mol. The molecule has 7 nitrogen and oxygen atoms in total. The Balaban J connectivity index is 1.40. The molecule has 0 bridgehead atoms. The average Bonchev–Trinajstić information content (AvgIpc) is 3.55. The molecule has 3 heterocycles. The van der Waals surface area contributed by atoms with E-state index in [9.17, 15) is 8.42 Å². The third kappa shape index (κ3) is 6.31. The number of hydrogen-bond acceptors (Lipinski definition) is 7. The summed E-state index contributed by atoms with van der Waals surface area (Å²) in [5.41, 5.74) is 3.35. The molecule has 10 heteroatoms. The third-order valence-electron chi connectivity index (χ3n) is 6.15. The van der Waals surface area contributed by atoms with Crippen molar-refractivity contribution < 1.29 is 17.9 Å². The van der Waals surface area contributed by atoms with Gasteiger partial charge in [-0.2, -0.15) is 5.10 Å². The lowest BCUT2D eigenvalue weighted by atomic mass is 10.2. The molecule has 1 fully saturated rings. The second-order valence-corrected chi connectivity index (χ2v) is 12.4. The summed E-state index contributed by atoms with van der Waals surface area (Å²) in [4.78, 5) is 4.60. The fraction of sp³-hybridized carbons (Fsp3) is 0.296. The molecule has 5 rings (SSSR count). The van der Waals surface area contributed by atoms with Gasteiger partial charge in [0.1, 0.15) is 0 Å². The SMILES string of the molecule is CS(=O)(=O)c1cccc(-c2ccc(-c3cc(COCCN4CCOCC4)nn3-c3ccccc3Cl)s2)c1. The highest BCUT2D eigenvalue weighted by molar-refractivity contribution is 7.90. The van der Waals surface area contributed by atoms with Gasteiger partial charge in [-0.25, -0.2) is 13.1 Å². The van der Waals surface area contributed by atoms with E-state index in [0.717, 1.165) is 65.2 Å². The maximum Gasteiger partial charge on any atom is 0.175 e. The van der Waals surface area contributed by atoms with Crippen molar-refractivity contribution in [2.45, 2.75) is 11.5 Å². The van der Waals surface area contributed by atoms with Crippen LogP contribution in [0, 0.1) is 0 Å². The minimum atomic E-state index is -3.29. The van der Waals surface area contributed by atoms with Crippen molar-refractivity contribution >= 4 is 32.8 Å². The van der Waals surface area contributed by atoms with E-state index in [2.05, 4.69) is 4.90 Å². The zero-order valence-corrected chi connectivity index (χ0v) is 22.9. The lowest BCUT2D eigenvalue weighted by Gasteiger charge is -2.26. The van der Waals surface area contributed by atoms with Gasteiger partial charge in [-0.05, 0) is 48.0 Å². The quantitative estimate of drug-likeness (QED) is 0.264. The number of benzene rings is 2. The van der Waals surface area contributed by atoms with Crippen molar-refractivity contribution in [3.63, 3.8) is 0 Å². The van der Waals surface area contributed by atoms with Crippen LogP contribution in [0.15, 0.2) is 71.6 Å². The van der Waals surface area contributed by atoms with E-state index in [1.165, 1.54) is 6.26 Å². The van der Waals surface area contributed by atoms with Crippen LogP contribution in [0.4, 0.5) is 0 Å². The number of rotatable bonds is 9. The van der Waals surface area contributed by atoms with E-state index in [0.29, 0.717) is 23.1 Å². The number of halogens is 1. The van der Waals surface area contributed by atoms with Crippen molar-refractivity contribution in [2.24, 2.45) is 0 Å². The standard InChI is InChI=1S/C27H28ClN3O4S2/c1-37(32,33)22-6-4-5-20(17-22)26-9-10-27(36-26)25-18-21(19-35-16-13-30-11-14-34-15-12-30)29-31(25)24-8-3-2-7-23(24)28/h2-10,17-18H,11-16,19H2,1H3. The van der Waals surface area contributed by atoms with E-state index < -0.39 is 9.84 Å². The summed E-state index contributed by atoms with van der Waals surface area (Å²) >= 11 is 8.12.